The zero-order chi connectivity index (χ0) is 13.8. The Balaban J connectivity index is 2.86. The lowest BCUT2D eigenvalue weighted by atomic mass is 10.2. The highest BCUT2D eigenvalue weighted by atomic mass is 19.4. The minimum Gasteiger partial charge on any atom is -0.354 e. The lowest BCUT2D eigenvalue weighted by Crippen LogP contribution is -2.29. The summed E-state index contributed by atoms with van der Waals surface area (Å²) < 4.78 is 36.9. The van der Waals surface area contributed by atoms with Gasteiger partial charge in [0.05, 0.1) is 12.0 Å². The monoisotopic (exact) mass is 258 g/mol. The summed E-state index contributed by atoms with van der Waals surface area (Å²) in [4.78, 5) is 1.71. The zero-order valence-corrected chi connectivity index (χ0v) is 10.1. The fraction of sp³-hybridized carbons (Fsp3) is 0.545. The average Bonchev–Trinajstić information content (AvgIpc) is 2.34. The van der Waals surface area contributed by atoms with Crippen LogP contribution in [0.4, 0.5) is 19.0 Å². The predicted molar refractivity (Wildman–Crippen MR) is 59.7 cm³/mol. The van der Waals surface area contributed by atoms with Crippen LogP contribution in [0.3, 0.4) is 0 Å². The van der Waals surface area contributed by atoms with Gasteiger partial charge in [0.25, 0.3) is 0 Å². The van der Waals surface area contributed by atoms with Crippen LogP contribution in [-0.2, 0) is 6.18 Å². The molecule has 1 heterocycles. The second kappa shape index (κ2) is 5.67. The summed E-state index contributed by atoms with van der Waals surface area (Å²) >= 11 is 0. The van der Waals surface area contributed by atoms with E-state index in [-0.39, 0.29) is 5.92 Å². The summed E-state index contributed by atoms with van der Waals surface area (Å²) in [6.07, 6.45) is -4.48. The molecule has 0 aliphatic rings. The van der Waals surface area contributed by atoms with E-state index in [9.17, 15) is 13.2 Å². The molecule has 0 fully saturated rings. The summed E-state index contributed by atoms with van der Waals surface area (Å²) in [6.45, 7) is 4.53. The van der Waals surface area contributed by atoms with Crippen molar-refractivity contribution in [3.63, 3.8) is 0 Å². The second-order valence-electron chi connectivity index (χ2n) is 3.84. The third-order valence-electron chi connectivity index (χ3n) is 2.36. The van der Waals surface area contributed by atoms with Gasteiger partial charge in [-0.1, -0.05) is 0 Å². The average molecular weight is 258 g/mol. The molecule has 7 heteroatoms. The van der Waals surface area contributed by atoms with Gasteiger partial charge in [-0.25, -0.2) is 0 Å². The number of nitrogens with zero attached hydrogens (tertiary/aromatic N) is 4. The van der Waals surface area contributed by atoms with Crippen molar-refractivity contribution in [1.82, 2.24) is 10.2 Å². The first-order valence-electron chi connectivity index (χ1n) is 5.44. The molecule has 1 unspecified atom stereocenters. The molecule has 1 aromatic rings. The van der Waals surface area contributed by atoms with E-state index in [1.807, 2.05) is 6.92 Å². The van der Waals surface area contributed by atoms with E-state index in [0.29, 0.717) is 18.9 Å². The van der Waals surface area contributed by atoms with Crippen molar-refractivity contribution in [1.29, 1.82) is 5.26 Å². The van der Waals surface area contributed by atoms with Gasteiger partial charge in [-0.2, -0.15) is 18.4 Å². The summed E-state index contributed by atoms with van der Waals surface area (Å²) in [5.74, 6) is 0.113. The van der Waals surface area contributed by atoms with Gasteiger partial charge in [0, 0.05) is 13.1 Å². The molecule has 0 aromatic carbocycles. The van der Waals surface area contributed by atoms with Crippen molar-refractivity contribution in [2.45, 2.75) is 20.0 Å². The number of aromatic nitrogens is 2. The minimum absolute atomic E-state index is 0.228. The zero-order valence-electron chi connectivity index (χ0n) is 10.1. The van der Waals surface area contributed by atoms with Crippen molar-refractivity contribution < 1.29 is 13.2 Å². The van der Waals surface area contributed by atoms with Crippen molar-refractivity contribution in [2.24, 2.45) is 5.92 Å². The van der Waals surface area contributed by atoms with Crippen molar-refractivity contribution in [3.05, 3.63) is 17.8 Å². The Labute approximate surface area is 103 Å². The molecule has 0 N–H and O–H groups in total. The van der Waals surface area contributed by atoms with Gasteiger partial charge in [0.1, 0.15) is 0 Å². The number of halogens is 3. The highest BCUT2D eigenvalue weighted by Gasteiger charge is 2.33. The molecule has 1 aromatic heterocycles. The van der Waals surface area contributed by atoms with Crippen LogP contribution in [-0.4, -0.2) is 23.3 Å². The van der Waals surface area contributed by atoms with Crippen LogP contribution < -0.4 is 4.90 Å². The summed E-state index contributed by atoms with van der Waals surface area (Å²) in [6, 6.07) is 4.22. The van der Waals surface area contributed by atoms with Crippen LogP contribution in [0.2, 0.25) is 0 Å². The molecule has 0 bridgehead atoms. The molecule has 0 radical (unpaired) electrons. The number of anilines is 1. The molecule has 0 aliphatic heterocycles. The first kappa shape index (κ1) is 14.2. The molecule has 98 valence electrons. The van der Waals surface area contributed by atoms with E-state index in [1.54, 1.807) is 11.8 Å². The quantitative estimate of drug-likeness (QED) is 0.832. The smallest absolute Gasteiger partial charge is 0.354 e. The largest absolute Gasteiger partial charge is 0.435 e. The van der Waals surface area contributed by atoms with Crippen molar-refractivity contribution in [3.8, 4) is 6.07 Å². The fourth-order valence-electron chi connectivity index (χ4n) is 1.40. The SMILES string of the molecule is CCN(CC(C)C#N)c1ccc(C(F)(F)F)nn1. The highest BCUT2D eigenvalue weighted by Crippen LogP contribution is 2.27. The van der Waals surface area contributed by atoms with Gasteiger partial charge in [-0.3, -0.25) is 0 Å². The molecule has 0 aliphatic carbocycles. The van der Waals surface area contributed by atoms with Crippen LogP contribution in [0.15, 0.2) is 12.1 Å². The van der Waals surface area contributed by atoms with Gasteiger partial charge in [0.2, 0.25) is 0 Å². The molecule has 0 saturated carbocycles. The Morgan fingerprint density at radius 2 is 2.06 bits per heavy atom. The summed E-state index contributed by atoms with van der Waals surface area (Å²) in [7, 11) is 0. The lowest BCUT2D eigenvalue weighted by molar-refractivity contribution is -0.141. The van der Waals surface area contributed by atoms with Crippen molar-refractivity contribution in [2.75, 3.05) is 18.0 Å². The summed E-state index contributed by atoms with van der Waals surface area (Å²) in [5.41, 5.74) is -1.02. The normalized spacial score (nSPS) is 12.9. The van der Waals surface area contributed by atoms with Gasteiger partial charge in [-0.15, -0.1) is 10.2 Å². The van der Waals surface area contributed by atoms with E-state index in [1.165, 1.54) is 6.07 Å². The van der Waals surface area contributed by atoms with E-state index < -0.39 is 11.9 Å². The molecule has 0 amide bonds. The standard InChI is InChI=1S/C11H13F3N4/c1-3-18(7-8(2)6-15)10-5-4-9(16-17-10)11(12,13)14/h4-5,8H,3,7H2,1-2H3. The number of alkyl halides is 3. The van der Waals surface area contributed by atoms with Gasteiger partial charge >= 0.3 is 6.18 Å². The molecular weight excluding hydrogens is 245 g/mol. The van der Waals surface area contributed by atoms with E-state index in [0.717, 1.165) is 6.07 Å². The van der Waals surface area contributed by atoms with Crippen LogP contribution >= 0.6 is 0 Å². The number of hydrogen-bond acceptors (Lipinski definition) is 4. The van der Waals surface area contributed by atoms with E-state index in [2.05, 4.69) is 16.3 Å². The Morgan fingerprint density at radius 1 is 1.39 bits per heavy atom. The van der Waals surface area contributed by atoms with Crippen molar-refractivity contribution >= 4 is 5.82 Å². The first-order chi connectivity index (χ1) is 8.38. The van der Waals surface area contributed by atoms with E-state index in [4.69, 9.17) is 5.26 Å². The lowest BCUT2D eigenvalue weighted by Gasteiger charge is -2.22. The highest BCUT2D eigenvalue weighted by molar-refractivity contribution is 5.37. The number of nitriles is 1. The molecular formula is C11H13F3N4. The maximum absolute atomic E-state index is 12.3. The molecule has 0 saturated heterocycles. The van der Waals surface area contributed by atoms with Gasteiger partial charge in [0.15, 0.2) is 11.5 Å². The van der Waals surface area contributed by atoms with Gasteiger partial charge in [-0.05, 0) is 26.0 Å². The molecule has 0 spiro atoms. The molecule has 1 rings (SSSR count). The van der Waals surface area contributed by atoms with Crippen LogP contribution in [0.1, 0.15) is 19.5 Å². The Kier molecular flexibility index (Phi) is 4.48. The third kappa shape index (κ3) is 3.58. The molecule has 4 nitrogen and oxygen atoms in total. The minimum atomic E-state index is -4.48. The van der Waals surface area contributed by atoms with Crippen LogP contribution in [0.5, 0.6) is 0 Å². The third-order valence-corrected chi connectivity index (χ3v) is 2.36. The molecule has 1 atom stereocenters. The Morgan fingerprint density at radius 3 is 2.44 bits per heavy atom. The predicted octanol–water partition coefficient (Wildman–Crippen LogP) is 2.48. The maximum Gasteiger partial charge on any atom is 0.435 e. The van der Waals surface area contributed by atoms with Crippen LogP contribution in [0, 0.1) is 17.2 Å². The topological polar surface area (TPSA) is 52.8 Å². The fourth-order valence-corrected chi connectivity index (χ4v) is 1.40. The Hall–Kier alpha value is -1.84. The molecule has 18 heavy (non-hydrogen) atoms. The van der Waals surface area contributed by atoms with Gasteiger partial charge < -0.3 is 4.90 Å². The summed E-state index contributed by atoms with van der Waals surface area (Å²) in [5, 5.41) is 15.4. The first-order valence-corrected chi connectivity index (χ1v) is 5.44. The van der Waals surface area contributed by atoms with Crippen LogP contribution in [0.25, 0.3) is 0 Å². The Bertz CT molecular complexity index is 421. The second-order valence-corrected chi connectivity index (χ2v) is 3.84. The number of rotatable bonds is 4. The number of hydrogen-bond donors (Lipinski definition) is 0. The van der Waals surface area contributed by atoms with E-state index >= 15 is 0 Å². The maximum atomic E-state index is 12.3.